The van der Waals surface area contributed by atoms with Crippen LogP contribution in [0.1, 0.15) is 19.6 Å². The van der Waals surface area contributed by atoms with Crippen LogP contribution in [-0.4, -0.2) is 21.9 Å². The summed E-state index contributed by atoms with van der Waals surface area (Å²) in [4.78, 5) is 35.2. The van der Waals surface area contributed by atoms with Gasteiger partial charge in [0.15, 0.2) is 0 Å². The van der Waals surface area contributed by atoms with Crippen LogP contribution in [0.4, 0.5) is 0 Å². The van der Waals surface area contributed by atoms with Gasteiger partial charge < -0.3 is 9.53 Å². The van der Waals surface area contributed by atoms with Crippen molar-refractivity contribution in [3.8, 4) is 0 Å². The summed E-state index contributed by atoms with van der Waals surface area (Å²) in [5.41, 5.74) is -0.963. The lowest BCUT2D eigenvalue weighted by atomic mass is 10.0. The zero-order valence-corrected chi connectivity index (χ0v) is 8.75. The van der Waals surface area contributed by atoms with Crippen molar-refractivity contribution in [1.29, 1.82) is 0 Å². The Morgan fingerprint density at radius 3 is 2.88 bits per heavy atom. The Hall–Kier alpha value is -1.69. The highest BCUT2D eigenvalue weighted by Crippen LogP contribution is 2.30. The number of H-pyrrole nitrogens is 1. The predicted octanol–water partition coefficient (Wildman–Crippen LogP) is -0.341. The quantitative estimate of drug-likeness (QED) is 0.697. The van der Waals surface area contributed by atoms with Gasteiger partial charge in [-0.15, -0.1) is 0 Å². The highest BCUT2D eigenvalue weighted by Gasteiger charge is 2.33. The van der Waals surface area contributed by atoms with Crippen molar-refractivity contribution in [2.75, 3.05) is 0 Å². The molecule has 0 spiro atoms. The number of aldehydes is 1. The van der Waals surface area contributed by atoms with Crippen LogP contribution < -0.4 is 11.2 Å². The van der Waals surface area contributed by atoms with E-state index in [4.69, 9.17) is 4.74 Å². The zero-order valence-electron chi connectivity index (χ0n) is 8.75. The number of nitrogens with zero attached hydrogens (tertiary/aromatic N) is 1. The molecule has 1 aromatic heterocycles. The van der Waals surface area contributed by atoms with E-state index in [1.54, 1.807) is 0 Å². The number of hydrogen-bond donors (Lipinski definition) is 1. The second-order valence-corrected chi connectivity index (χ2v) is 3.92. The summed E-state index contributed by atoms with van der Waals surface area (Å²) in [5.74, 6) is 0.0707. The lowest BCUT2D eigenvalue weighted by Crippen LogP contribution is -2.31. The normalized spacial score (nSPS) is 29.2. The second-order valence-electron chi connectivity index (χ2n) is 3.92. The Morgan fingerprint density at radius 2 is 2.31 bits per heavy atom. The molecule has 3 atom stereocenters. The van der Waals surface area contributed by atoms with E-state index < -0.39 is 23.6 Å². The molecule has 1 fully saturated rings. The van der Waals surface area contributed by atoms with Gasteiger partial charge in [0, 0.05) is 12.3 Å². The fourth-order valence-corrected chi connectivity index (χ4v) is 1.82. The minimum Gasteiger partial charge on any atom is -0.347 e. The van der Waals surface area contributed by atoms with Gasteiger partial charge in [0.05, 0.1) is 0 Å². The maximum Gasteiger partial charge on any atom is 0.330 e. The average Bonchev–Trinajstić information content (AvgIpc) is 2.59. The minimum absolute atomic E-state index is 0.0707. The van der Waals surface area contributed by atoms with E-state index in [1.165, 1.54) is 16.8 Å². The number of hydrogen-bond acceptors (Lipinski definition) is 4. The maximum absolute atomic E-state index is 11.5. The minimum atomic E-state index is -0.517. The van der Waals surface area contributed by atoms with Crippen molar-refractivity contribution >= 4 is 6.29 Å². The summed E-state index contributed by atoms with van der Waals surface area (Å²) in [6.07, 6.45) is 1.74. The molecule has 0 aromatic carbocycles. The summed E-state index contributed by atoms with van der Waals surface area (Å²) < 4.78 is 6.70. The van der Waals surface area contributed by atoms with E-state index in [9.17, 15) is 14.4 Å². The molecule has 2 rings (SSSR count). The van der Waals surface area contributed by atoms with E-state index in [-0.39, 0.29) is 5.92 Å². The molecule has 0 bridgehead atoms. The van der Waals surface area contributed by atoms with Crippen LogP contribution in [0.2, 0.25) is 0 Å². The largest absolute Gasteiger partial charge is 0.347 e. The molecule has 6 heteroatoms. The summed E-state index contributed by atoms with van der Waals surface area (Å²) in [6, 6.07) is 1.25. The Bertz CT molecular complexity index is 504. The first-order valence-electron chi connectivity index (χ1n) is 5.04. The van der Waals surface area contributed by atoms with Gasteiger partial charge in [-0.05, 0) is 12.3 Å². The standard InChI is InChI=1S/C10H12N2O4/c1-6-4-9(16-7(6)5-13)12-3-2-8(14)11-10(12)15/h2-3,5-7,9H,4H2,1H3,(H,11,14,15)/t6-,7+,9+/m0/s1. The molecular formula is C10H12N2O4. The highest BCUT2D eigenvalue weighted by atomic mass is 16.5. The zero-order chi connectivity index (χ0) is 11.7. The Morgan fingerprint density at radius 1 is 1.56 bits per heavy atom. The third-order valence-corrected chi connectivity index (χ3v) is 2.74. The number of aromatic amines is 1. The number of ether oxygens (including phenoxy) is 1. The third-order valence-electron chi connectivity index (χ3n) is 2.74. The molecular weight excluding hydrogens is 212 g/mol. The van der Waals surface area contributed by atoms with E-state index >= 15 is 0 Å². The van der Waals surface area contributed by atoms with Crippen LogP contribution in [0.25, 0.3) is 0 Å². The van der Waals surface area contributed by atoms with Gasteiger partial charge >= 0.3 is 5.69 Å². The van der Waals surface area contributed by atoms with E-state index in [0.29, 0.717) is 6.42 Å². The molecule has 1 saturated heterocycles. The molecule has 1 aliphatic heterocycles. The smallest absolute Gasteiger partial charge is 0.330 e. The Labute approximate surface area is 90.9 Å². The lowest BCUT2D eigenvalue weighted by molar-refractivity contribution is -0.120. The van der Waals surface area contributed by atoms with Gasteiger partial charge in [-0.1, -0.05) is 6.92 Å². The van der Waals surface area contributed by atoms with Crippen molar-refractivity contribution in [3.63, 3.8) is 0 Å². The molecule has 1 aromatic rings. The number of carbonyl (C=O) groups is 1. The molecule has 1 aliphatic rings. The van der Waals surface area contributed by atoms with Gasteiger partial charge in [0.2, 0.25) is 0 Å². The SMILES string of the molecule is C[C@H]1C[C@H](n2ccc(=O)[nH]c2=O)O[C@@H]1C=O. The van der Waals surface area contributed by atoms with E-state index in [0.717, 1.165) is 6.29 Å². The summed E-state index contributed by atoms with van der Waals surface area (Å²) >= 11 is 0. The molecule has 0 saturated carbocycles. The van der Waals surface area contributed by atoms with Crippen LogP contribution in [0.5, 0.6) is 0 Å². The molecule has 16 heavy (non-hydrogen) atoms. The topological polar surface area (TPSA) is 81.2 Å². The van der Waals surface area contributed by atoms with Crippen molar-refractivity contribution in [1.82, 2.24) is 9.55 Å². The fraction of sp³-hybridized carbons (Fsp3) is 0.500. The Kier molecular flexibility index (Phi) is 2.74. The van der Waals surface area contributed by atoms with Crippen LogP contribution in [0.15, 0.2) is 21.9 Å². The second kappa shape index (κ2) is 4.05. The number of aromatic nitrogens is 2. The molecule has 0 amide bonds. The fourth-order valence-electron chi connectivity index (χ4n) is 1.82. The number of carbonyl (C=O) groups excluding carboxylic acids is 1. The average molecular weight is 224 g/mol. The first-order valence-corrected chi connectivity index (χ1v) is 5.04. The predicted molar refractivity (Wildman–Crippen MR) is 55.1 cm³/mol. The molecule has 86 valence electrons. The van der Waals surface area contributed by atoms with E-state index in [1.807, 2.05) is 6.92 Å². The van der Waals surface area contributed by atoms with Crippen LogP contribution >= 0.6 is 0 Å². The summed E-state index contributed by atoms with van der Waals surface area (Å²) in [5, 5.41) is 0. The van der Waals surface area contributed by atoms with Crippen LogP contribution in [-0.2, 0) is 9.53 Å². The summed E-state index contributed by atoms with van der Waals surface area (Å²) in [7, 11) is 0. The van der Waals surface area contributed by atoms with Crippen LogP contribution in [0, 0.1) is 5.92 Å². The first kappa shape index (κ1) is 10.8. The van der Waals surface area contributed by atoms with Crippen molar-refractivity contribution in [2.45, 2.75) is 25.7 Å². The van der Waals surface area contributed by atoms with E-state index in [2.05, 4.69) is 4.98 Å². The van der Waals surface area contributed by atoms with Gasteiger partial charge in [0.1, 0.15) is 18.6 Å². The third kappa shape index (κ3) is 1.83. The Balaban J connectivity index is 2.30. The van der Waals surface area contributed by atoms with Gasteiger partial charge in [-0.2, -0.15) is 0 Å². The first-order chi connectivity index (χ1) is 7.61. The highest BCUT2D eigenvalue weighted by molar-refractivity contribution is 5.57. The molecule has 1 N–H and O–H groups in total. The monoisotopic (exact) mass is 224 g/mol. The molecule has 0 unspecified atom stereocenters. The maximum atomic E-state index is 11.5. The van der Waals surface area contributed by atoms with Crippen molar-refractivity contribution in [2.24, 2.45) is 5.92 Å². The molecule has 6 nitrogen and oxygen atoms in total. The van der Waals surface area contributed by atoms with Crippen molar-refractivity contribution in [3.05, 3.63) is 33.1 Å². The molecule has 2 heterocycles. The molecule has 0 aliphatic carbocycles. The molecule has 0 radical (unpaired) electrons. The van der Waals surface area contributed by atoms with Crippen LogP contribution in [0.3, 0.4) is 0 Å². The summed E-state index contributed by atoms with van der Waals surface area (Å²) in [6.45, 7) is 1.88. The van der Waals surface area contributed by atoms with Gasteiger partial charge in [-0.25, -0.2) is 4.79 Å². The van der Waals surface area contributed by atoms with Crippen molar-refractivity contribution < 1.29 is 9.53 Å². The lowest BCUT2D eigenvalue weighted by Gasteiger charge is -2.12. The number of rotatable bonds is 2. The van der Waals surface area contributed by atoms with Gasteiger partial charge in [-0.3, -0.25) is 14.3 Å². The number of nitrogens with one attached hydrogen (secondary N) is 1. The van der Waals surface area contributed by atoms with Gasteiger partial charge in [0.25, 0.3) is 5.56 Å².